The molecule has 0 bridgehead atoms. The molecule has 0 saturated heterocycles. The molecule has 28 heavy (non-hydrogen) atoms. The Balaban J connectivity index is 2.48. The summed E-state index contributed by atoms with van der Waals surface area (Å²) in [7, 11) is 0. The fourth-order valence-corrected chi connectivity index (χ4v) is 2.96. The highest BCUT2D eigenvalue weighted by atomic mass is 35.5. The van der Waals surface area contributed by atoms with Crippen molar-refractivity contribution in [2.45, 2.75) is 31.7 Å². The Bertz CT molecular complexity index is 862. The zero-order valence-electron chi connectivity index (χ0n) is 14.4. The topological polar surface area (TPSA) is 26.0 Å². The van der Waals surface area contributed by atoms with E-state index in [0.29, 0.717) is 6.08 Å². The van der Waals surface area contributed by atoms with E-state index in [1.54, 1.807) is 0 Å². The van der Waals surface area contributed by atoms with Crippen molar-refractivity contribution in [2.75, 3.05) is 0 Å². The van der Waals surface area contributed by atoms with E-state index in [4.69, 9.17) is 17.3 Å². The maximum absolute atomic E-state index is 13.6. The first-order valence-electron chi connectivity index (χ1n) is 7.95. The summed E-state index contributed by atoms with van der Waals surface area (Å²) in [6.45, 7) is 0.903. The van der Waals surface area contributed by atoms with Gasteiger partial charge in [-0.3, -0.25) is 0 Å². The lowest BCUT2D eigenvalue weighted by Crippen LogP contribution is -2.19. The molecule has 1 unspecified atom stereocenters. The summed E-state index contributed by atoms with van der Waals surface area (Å²) in [5, 5.41) is -0.468. The van der Waals surface area contributed by atoms with E-state index in [1.807, 2.05) is 0 Å². The maximum Gasteiger partial charge on any atom is 0.416 e. The van der Waals surface area contributed by atoms with Gasteiger partial charge in [0.25, 0.3) is 0 Å². The number of hydrogen-bond donors (Lipinski definition) is 1. The van der Waals surface area contributed by atoms with Crippen molar-refractivity contribution < 1.29 is 30.7 Å². The van der Waals surface area contributed by atoms with Gasteiger partial charge < -0.3 is 5.73 Å². The maximum atomic E-state index is 13.6. The molecular weight excluding hydrogens is 411 g/mol. The van der Waals surface area contributed by atoms with Crippen LogP contribution >= 0.6 is 11.6 Å². The molecule has 0 spiro atoms. The van der Waals surface area contributed by atoms with Gasteiger partial charge in [-0.15, -0.1) is 0 Å². The monoisotopic (exact) mass is 425 g/mol. The van der Waals surface area contributed by atoms with Crippen LogP contribution in [0.2, 0.25) is 5.02 Å². The van der Waals surface area contributed by atoms with Crippen LogP contribution in [0, 0.1) is 12.7 Å². The van der Waals surface area contributed by atoms with Crippen molar-refractivity contribution in [3.63, 3.8) is 0 Å². The zero-order valence-corrected chi connectivity index (χ0v) is 15.2. The van der Waals surface area contributed by atoms with Crippen LogP contribution < -0.4 is 5.73 Å². The second-order valence-corrected chi connectivity index (χ2v) is 6.54. The standard InChI is InChI=1S/C19H15ClF7N/c1-10-6-13(8-16(20)17(10)21)14(18(22,23)24)5-3-11-2-4-12(9-28)15(7-11)19(25,26)27/h2-8,14H,9,28H2,1H3/b5-3+. The highest BCUT2D eigenvalue weighted by molar-refractivity contribution is 6.30. The zero-order chi connectivity index (χ0) is 21.3. The molecule has 0 radical (unpaired) electrons. The molecule has 1 atom stereocenters. The molecule has 0 aliphatic rings. The van der Waals surface area contributed by atoms with E-state index in [0.717, 1.165) is 30.3 Å². The van der Waals surface area contributed by atoms with Gasteiger partial charge in [-0.05, 0) is 41.3 Å². The summed E-state index contributed by atoms with van der Waals surface area (Å²) in [5.41, 5.74) is 3.63. The van der Waals surface area contributed by atoms with Crippen molar-refractivity contribution in [3.8, 4) is 0 Å². The molecule has 2 aromatic rings. The highest BCUT2D eigenvalue weighted by Crippen LogP contribution is 2.39. The summed E-state index contributed by atoms with van der Waals surface area (Å²) in [5.74, 6) is -3.00. The molecular formula is C19H15ClF7N. The normalized spacial score (nSPS) is 13.9. The summed E-state index contributed by atoms with van der Waals surface area (Å²) in [6, 6.07) is 4.94. The lowest BCUT2D eigenvalue weighted by Gasteiger charge is -2.19. The number of hydrogen-bond acceptors (Lipinski definition) is 1. The van der Waals surface area contributed by atoms with Gasteiger partial charge in [0.2, 0.25) is 0 Å². The fraction of sp³-hybridized carbons (Fsp3) is 0.263. The lowest BCUT2D eigenvalue weighted by molar-refractivity contribution is -0.140. The number of rotatable bonds is 4. The number of allylic oxidation sites excluding steroid dienone is 1. The van der Waals surface area contributed by atoms with Gasteiger partial charge in [-0.25, -0.2) is 4.39 Å². The van der Waals surface area contributed by atoms with Crippen molar-refractivity contribution >= 4 is 17.7 Å². The molecule has 9 heteroatoms. The van der Waals surface area contributed by atoms with Crippen LogP contribution in [-0.2, 0) is 12.7 Å². The second-order valence-electron chi connectivity index (χ2n) is 6.13. The van der Waals surface area contributed by atoms with Crippen LogP contribution in [0.3, 0.4) is 0 Å². The van der Waals surface area contributed by atoms with Crippen LogP contribution in [0.25, 0.3) is 6.08 Å². The van der Waals surface area contributed by atoms with E-state index < -0.39 is 34.7 Å². The molecule has 0 fully saturated rings. The minimum Gasteiger partial charge on any atom is -0.326 e. The van der Waals surface area contributed by atoms with Crippen LogP contribution in [0.1, 0.15) is 33.7 Å². The van der Waals surface area contributed by atoms with E-state index >= 15 is 0 Å². The van der Waals surface area contributed by atoms with E-state index in [-0.39, 0.29) is 28.8 Å². The van der Waals surface area contributed by atoms with E-state index in [2.05, 4.69) is 0 Å². The van der Waals surface area contributed by atoms with Crippen molar-refractivity contribution in [2.24, 2.45) is 5.73 Å². The van der Waals surface area contributed by atoms with Crippen LogP contribution in [0.5, 0.6) is 0 Å². The van der Waals surface area contributed by atoms with Gasteiger partial charge in [-0.1, -0.05) is 42.0 Å². The molecule has 2 aromatic carbocycles. The Morgan fingerprint density at radius 3 is 2.21 bits per heavy atom. The third kappa shape index (κ3) is 5.05. The first-order chi connectivity index (χ1) is 12.8. The van der Waals surface area contributed by atoms with E-state index in [1.165, 1.54) is 13.0 Å². The predicted octanol–water partition coefficient (Wildman–Crippen LogP) is 6.62. The first kappa shape index (κ1) is 22.2. The smallest absolute Gasteiger partial charge is 0.326 e. The minimum atomic E-state index is -4.76. The number of nitrogens with two attached hydrogens (primary N) is 1. The Morgan fingerprint density at radius 2 is 1.71 bits per heavy atom. The molecule has 0 amide bonds. The highest BCUT2D eigenvalue weighted by Gasteiger charge is 2.39. The summed E-state index contributed by atoms with van der Waals surface area (Å²) >= 11 is 5.63. The Hall–Kier alpha value is -2.06. The third-order valence-electron chi connectivity index (χ3n) is 4.08. The second kappa shape index (κ2) is 8.13. The van der Waals surface area contributed by atoms with Gasteiger partial charge in [0, 0.05) is 6.54 Å². The predicted molar refractivity (Wildman–Crippen MR) is 93.3 cm³/mol. The molecule has 0 aromatic heterocycles. The first-order valence-corrected chi connectivity index (χ1v) is 8.33. The molecule has 0 aliphatic carbocycles. The molecule has 0 heterocycles. The van der Waals surface area contributed by atoms with Crippen LogP contribution in [-0.4, -0.2) is 6.18 Å². The molecule has 0 aliphatic heterocycles. The Morgan fingerprint density at radius 1 is 1.07 bits per heavy atom. The van der Waals surface area contributed by atoms with E-state index in [9.17, 15) is 30.7 Å². The number of alkyl halides is 6. The molecule has 1 nitrogen and oxygen atoms in total. The van der Waals surface area contributed by atoms with Crippen molar-refractivity contribution in [1.29, 1.82) is 0 Å². The van der Waals surface area contributed by atoms with Gasteiger partial charge in [-0.2, -0.15) is 26.3 Å². The fourth-order valence-electron chi connectivity index (χ4n) is 2.69. The average Bonchev–Trinajstić information content (AvgIpc) is 2.57. The molecule has 0 saturated carbocycles. The van der Waals surface area contributed by atoms with Crippen LogP contribution in [0.4, 0.5) is 30.7 Å². The third-order valence-corrected chi connectivity index (χ3v) is 4.36. The summed E-state index contributed by atoms with van der Waals surface area (Å²) in [6.07, 6.45) is -7.81. The SMILES string of the molecule is Cc1cc(C(/C=C/c2ccc(CN)c(C(F)(F)F)c2)C(F)(F)F)cc(Cl)c1F. The largest absolute Gasteiger partial charge is 0.416 e. The van der Waals surface area contributed by atoms with Crippen molar-refractivity contribution in [3.05, 3.63) is 75.1 Å². The average molecular weight is 426 g/mol. The number of benzene rings is 2. The van der Waals surface area contributed by atoms with Crippen molar-refractivity contribution in [1.82, 2.24) is 0 Å². The number of aryl methyl sites for hydroxylation is 1. The van der Waals surface area contributed by atoms with Gasteiger partial charge >= 0.3 is 12.4 Å². The quantitative estimate of drug-likeness (QED) is 0.547. The Kier molecular flexibility index (Phi) is 6.45. The molecule has 152 valence electrons. The van der Waals surface area contributed by atoms with Gasteiger partial charge in [0.15, 0.2) is 0 Å². The lowest BCUT2D eigenvalue weighted by atomic mass is 9.95. The summed E-state index contributed by atoms with van der Waals surface area (Å²) < 4.78 is 93.3. The Labute approximate surface area is 161 Å². The van der Waals surface area contributed by atoms with Gasteiger partial charge in [0.05, 0.1) is 16.5 Å². The summed E-state index contributed by atoms with van der Waals surface area (Å²) in [4.78, 5) is 0. The molecule has 2 rings (SSSR count). The minimum absolute atomic E-state index is 0.0724. The van der Waals surface area contributed by atoms with Gasteiger partial charge in [0.1, 0.15) is 5.82 Å². The number of halogens is 8. The molecule has 2 N–H and O–H groups in total. The van der Waals surface area contributed by atoms with Crippen LogP contribution in [0.15, 0.2) is 36.4 Å².